The van der Waals surface area contributed by atoms with Gasteiger partial charge in [-0.25, -0.2) is 4.79 Å². The molecule has 0 fully saturated rings. The number of rotatable bonds is 8. The molecule has 0 saturated heterocycles. The van der Waals surface area contributed by atoms with Crippen LogP contribution in [-0.2, 0) is 20.8 Å². The molecule has 0 aliphatic rings. The highest BCUT2D eigenvalue weighted by atomic mass is 19.4. The minimum Gasteiger partial charge on any atom is -0.466 e. The van der Waals surface area contributed by atoms with Crippen LogP contribution in [0.3, 0.4) is 0 Å². The maximum atomic E-state index is 12.3. The van der Waals surface area contributed by atoms with Crippen molar-refractivity contribution < 1.29 is 27.4 Å². The van der Waals surface area contributed by atoms with Crippen LogP contribution in [0.4, 0.5) is 13.2 Å². The highest BCUT2D eigenvalue weighted by Gasteiger charge is 2.27. The average Bonchev–Trinajstić information content (AvgIpc) is 2.57. The van der Waals surface area contributed by atoms with Crippen molar-refractivity contribution in [3.05, 3.63) is 45.1 Å². The number of carbonyl (C=O) groups excluding carboxylic acids is 1. The van der Waals surface area contributed by atoms with Crippen LogP contribution in [0.5, 0.6) is 0 Å². The zero-order valence-electron chi connectivity index (χ0n) is 13.7. The number of benzene rings is 1. The number of fused-ring (bicyclic) bond motifs is 1. The van der Waals surface area contributed by atoms with Gasteiger partial charge in [0.2, 0.25) is 0 Å². The summed E-state index contributed by atoms with van der Waals surface area (Å²) in [4.78, 5) is 38.1. The van der Waals surface area contributed by atoms with Gasteiger partial charge < -0.3 is 14.5 Å². The number of alkyl halides is 3. The number of aromatic amines is 1. The second kappa shape index (κ2) is 8.65. The van der Waals surface area contributed by atoms with Crippen LogP contribution in [-0.4, -0.2) is 41.5 Å². The van der Waals surface area contributed by atoms with Crippen molar-refractivity contribution in [2.75, 3.05) is 19.8 Å². The summed E-state index contributed by atoms with van der Waals surface area (Å²) in [6.07, 6.45) is -4.55. The first-order valence-electron chi connectivity index (χ1n) is 7.80. The second-order valence-corrected chi connectivity index (χ2v) is 5.42. The fraction of sp³-hybridized carbons (Fsp3) is 0.438. The summed E-state index contributed by atoms with van der Waals surface area (Å²) < 4.78 is 45.7. The Hall–Kier alpha value is -2.62. The van der Waals surface area contributed by atoms with Gasteiger partial charge in [0.25, 0.3) is 5.56 Å². The van der Waals surface area contributed by atoms with Gasteiger partial charge in [-0.1, -0.05) is 12.1 Å². The minimum absolute atomic E-state index is 0.0385. The average molecular weight is 374 g/mol. The van der Waals surface area contributed by atoms with E-state index >= 15 is 0 Å². The molecular weight excluding hydrogens is 357 g/mol. The molecule has 0 saturated carbocycles. The van der Waals surface area contributed by atoms with Gasteiger partial charge in [0.1, 0.15) is 6.61 Å². The normalized spacial score (nSPS) is 11.7. The molecule has 0 atom stereocenters. The third-order valence-corrected chi connectivity index (χ3v) is 3.39. The Kier molecular flexibility index (Phi) is 6.56. The molecule has 1 N–H and O–H groups in total. The van der Waals surface area contributed by atoms with E-state index in [1.165, 1.54) is 0 Å². The van der Waals surface area contributed by atoms with Gasteiger partial charge in [0.15, 0.2) is 0 Å². The number of halogens is 3. The largest absolute Gasteiger partial charge is 0.466 e. The summed E-state index contributed by atoms with van der Waals surface area (Å²) in [7, 11) is 0. The number of nitrogens with one attached hydrogen (secondary N) is 1. The SMILES string of the molecule is O=C(CCOCC(F)(F)F)OCCCn1c(=O)[nH]c2ccccc2c1=O. The molecule has 26 heavy (non-hydrogen) atoms. The van der Waals surface area contributed by atoms with Crippen molar-refractivity contribution in [1.82, 2.24) is 9.55 Å². The molecule has 0 bridgehead atoms. The first-order valence-corrected chi connectivity index (χ1v) is 7.80. The molecule has 0 unspecified atom stereocenters. The van der Waals surface area contributed by atoms with Crippen LogP contribution in [0, 0.1) is 0 Å². The number of hydrogen-bond acceptors (Lipinski definition) is 5. The van der Waals surface area contributed by atoms with Gasteiger partial charge in [-0.2, -0.15) is 13.2 Å². The van der Waals surface area contributed by atoms with Gasteiger partial charge in [-0.15, -0.1) is 0 Å². The van der Waals surface area contributed by atoms with E-state index in [9.17, 15) is 27.6 Å². The molecule has 0 spiro atoms. The molecule has 0 amide bonds. The van der Waals surface area contributed by atoms with Crippen molar-refractivity contribution >= 4 is 16.9 Å². The Bertz CT molecular complexity index is 873. The quantitative estimate of drug-likeness (QED) is 0.560. The molecule has 2 rings (SSSR count). The van der Waals surface area contributed by atoms with Crippen LogP contribution >= 0.6 is 0 Å². The monoisotopic (exact) mass is 374 g/mol. The summed E-state index contributed by atoms with van der Waals surface area (Å²) in [5.41, 5.74) is -0.583. The Balaban J connectivity index is 1.78. The lowest BCUT2D eigenvalue weighted by molar-refractivity contribution is -0.176. The van der Waals surface area contributed by atoms with Crippen molar-refractivity contribution in [2.45, 2.75) is 25.6 Å². The van der Waals surface area contributed by atoms with Crippen molar-refractivity contribution in [3.63, 3.8) is 0 Å². The molecule has 1 aromatic carbocycles. The van der Waals surface area contributed by atoms with Gasteiger partial charge in [-0.3, -0.25) is 14.2 Å². The summed E-state index contributed by atoms with van der Waals surface area (Å²) >= 11 is 0. The molecule has 0 aliphatic heterocycles. The van der Waals surface area contributed by atoms with Crippen LogP contribution in [0.1, 0.15) is 12.8 Å². The van der Waals surface area contributed by atoms with Crippen molar-refractivity contribution in [2.24, 2.45) is 0 Å². The first-order chi connectivity index (χ1) is 12.3. The fourth-order valence-electron chi connectivity index (χ4n) is 2.23. The summed E-state index contributed by atoms with van der Waals surface area (Å²) in [6.45, 7) is -1.86. The van der Waals surface area contributed by atoms with Crippen molar-refractivity contribution in [1.29, 1.82) is 0 Å². The van der Waals surface area contributed by atoms with Crippen LogP contribution in [0.25, 0.3) is 10.9 Å². The predicted molar refractivity (Wildman–Crippen MR) is 85.9 cm³/mol. The Morgan fingerprint density at radius 3 is 2.62 bits per heavy atom. The van der Waals surface area contributed by atoms with E-state index in [4.69, 9.17) is 4.74 Å². The maximum absolute atomic E-state index is 12.3. The predicted octanol–water partition coefficient (Wildman–Crippen LogP) is 1.59. The van der Waals surface area contributed by atoms with Crippen molar-refractivity contribution in [3.8, 4) is 0 Å². The molecular formula is C16H17F3N2O5. The number of carbonyl (C=O) groups is 1. The van der Waals surface area contributed by atoms with E-state index in [2.05, 4.69) is 9.72 Å². The van der Waals surface area contributed by atoms with Gasteiger partial charge >= 0.3 is 17.8 Å². The lowest BCUT2D eigenvalue weighted by atomic mass is 10.2. The van der Waals surface area contributed by atoms with E-state index < -0.39 is 36.6 Å². The summed E-state index contributed by atoms with van der Waals surface area (Å²) in [6, 6.07) is 6.57. The smallest absolute Gasteiger partial charge is 0.411 e. The fourth-order valence-corrected chi connectivity index (χ4v) is 2.23. The van der Waals surface area contributed by atoms with Gasteiger partial charge in [-0.05, 0) is 18.6 Å². The minimum atomic E-state index is -4.44. The number of ether oxygens (including phenoxy) is 2. The van der Waals surface area contributed by atoms with E-state index in [0.29, 0.717) is 10.9 Å². The Morgan fingerprint density at radius 2 is 1.88 bits per heavy atom. The molecule has 1 heterocycles. The Morgan fingerprint density at radius 1 is 1.15 bits per heavy atom. The molecule has 10 heteroatoms. The van der Waals surface area contributed by atoms with E-state index in [1.54, 1.807) is 24.3 Å². The number of para-hydroxylation sites is 1. The number of hydrogen-bond donors (Lipinski definition) is 1. The molecule has 0 aliphatic carbocycles. The Labute approximate surface area is 145 Å². The van der Waals surface area contributed by atoms with Crippen LogP contribution < -0.4 is 11.2 Å². The van der Waals surface area contributed by atoms with E-state index in [1.807, 2.05) is 0 Å². The van der Waals surface area contributed by atoms with Crippen LogP contribution in [0.2, 0.25) is 0 Å². The van der Waals surface area contributed by atoms with Gasteiger partial charge in [0.05, 0.1) is 30.5 Å². The third-order valence-electron chi connectivity index (χ3n) is 3.39. The zero-order valence-corrected chi connectivity index (χ0v) is 13.7. The first kappa shape index (κ1) is 19.7. The van der Waals surface area contributed by atoms with Gasteiger partial charge in [0, 0.05) is 6.54 Å². The molecule has 1 aromatic heterocycles. The number of nitrogens with zero attached hydrogens (tertiary/aromatic N) is 1. The summed E-state index contributed by atoms with van der Waals surface area (Å²) in [5, 5.41) is 0.367. The lowest BCUT2D eigenvalue weighted by Gasteiger charge is -2.08. The number of H-pyrrole nitrogens is 1. The second-order valence-electron chi connectivity index (χ2n) is 5.42. The number of aromatic nitrogens is 2. The summed E-state index contributed by atoms with van der Waals surface area (Å²) in [5.74, 6) is -0.716. The van der Waals surface area contributed by atoms with E-state index in [0.717, 1.165) is 4.57 Å². The molecule has 0 radical (unpaired) electrons. The zero-order chi connectivity index (χ0) is 19.2. The number of esters is 1. The lowest BCUT2D eigenvalue weighted by Crippen LogP contribution is -2.35. The van der Waals surface area contributed by atoms with Crippen LogP contribution in [0.15, 0.2) is 33.9 Å². The molecule has 142 valence electrons. The maximum Gasteiger partial charge on any atom is 0.411 e. The topological polar surface area (TPSA) is 90.4 Å². The highest BCUT2D eigenvalue weighted by molar-refractivity contribution is 5.76. The standard InChI is InChI=1S/C16H17F3N2O5/c17-16(18,19)10-25-9-6-13(22)26-8-3-7-21-14(23)11-4-1-2-5-12(11)20-15(21)24/h1-2,4-5H,3,6-10H2,(H,20,24). The third kappa shape index (κ3) is 5.73. The molecule has 7 nitrogen and oxygen atoms in total. The highest BCUT2D eigenvalue weighted by Crippen LogP contribution is 2.14. The molecule has 2 aromatic rings. The van der Waals surface area contributed by atoms with E-state index in [-0.39, 0.29) is 26.0 Å².